The number of hydrogen-bond acceptors (Lipinski definition) is 4. The van der Waals surface area contributed by atoms with Crippen molar-refractivity contribution in [2.75, 3.05) is 0 Å². The van der Waals surface area contributed by atoms with Gasteiger partial charge in [0.15, 0.2) is 0 Å². The molecule has 0 fully saturated rings. The number of nitrogens with one attached hydrogen (secondary N) is 1. The van der Waals surface area contributed by atoms with E-state index in [1.165, 1.54) is 6.21 Å². The third kappa shape index (κ3) is 5.03. The zero-order chi connectivity index (χ0) is 21.5. The van der Waals surface area contributed by atoms with E-state index in [9.17, 15) is 9.59 Å². The summed E-state index contributed by atoms with van der Waals surface area (Å²) in [5.41, 5.74) is 4.51. The normalized spacial score (nSPS) is 10.8. The standard InChI is InChI=1S/C26H20N2O3/c29-25(17-19-9-3-1-4-10-19)28-27-18-23-22-14-8-7-11-20(22)15-16-24(23)31-26(30)21-12-5-2-6-13-21/h1-16,18H,17H2,(H,28,29)/b27-18+. The van der Waals surface area contributed by atoms with Crippen molar-refractivity contribution in [3.63, 3.8) is 0 Å². The third-order valence-corrected chi connectivity index (χ3v) is 4.73. The second-order valence-electron chi connectivity index (χ2n) is 6.91. The van der Waals surface area contributed by atoms with Gasteiger partial charge in [-0.3, -0.25) is 4.79 Å². The lowest BCUT2D eigenvalue weighted by Gasteiger charge is -2.10. The van der Waals surface area contributed by atoms with Gasteiger partial charge in [-0.15, -0.1) is 0 Å². The molecule has 1 N–H and O–H groups in total. The minimum Gasteiger partial charge on any atom is -0.422 e. The molecular weight excluding hydrogens is 388 g/mol. The van der Waals surface area contributed by atoms with E-state index in [2.05, 4.69) is 10.5 Å². The molecule has 0 aromatic heterocycles. The van der Waals surface area contributed by atoms with Crippen LogP contribution < -0.4 is 10.2 Å². The van der Waals surface area contributed by atoms with Crippen LogP contribution in [-0.4, -0.2) is 18.1 Å². The van der Waals surface area contributed by atoms with Gasteiger partial charge in [0.2, 0.25) is 5.91 Å². The van der Waals surface area contributed by atoms with Crippen LogP contribution in [0.4, 0.5) is 0 Å². The van der Waals surface area contributed by atoms with Crippen molar-refractivity contribution >= 4 is 28.9 Å². The summed E-state index contributed by atoms with van der Waals surface area (Å²) in [6.07, 6.45) is 1.74. The summed E-state index contributed by atoms with van der Waals surface area (Å²) in [4.78, 5) is 24.8. The fourth-order valence-electron chi connectivity index (χ4n) is 3.22. The molecule has 4 aromatic rings. The van der Waals surface area contributed by atoms with E-state index in [0.29, 0.717) is 16.9 Å². The molecule has 31 heavy (non-hydrogen) atoms. The number of esters is 1. The van der Waals surface area contributed by atoms with Crippen LogP contribution in [0.1, 0.15) is 21.5 Å². The number of fused-ring (bicyclic) bond motifs is 1. The van der Waals surface area contributed by atoms with Crippen molar-refractivity contribution in [3.8, 4) is 5.75 Å². The van der Waals surface area contributed by atoms with E-state index in [-0.39, 0.29) is 12.3 Å². The molecule has 0 saturated carbocycles. The highest BCUT2D eigenvalue weighted by Crippen LogP contribution is 2.27. The minimum absolute atomic E-state index is 0.226. The quantitative estimate of drug-likeness (QED) is 0.217. The first-order valence-electron chi connectivity index (χ1n) is 9.85. The smallest absolute Gasteiger partial charge is 0.343 e. The minimum atomic E-state index is -0.460. The average molecular weight is 408 g/mol. The number of hydrazone groups is 1. The first-order valence-corrected chi connectivity index (χ1v) is 9.85. The Morgan fingerprint density at radius 1 is 0.806 bits per heavy atom. The maximum Gasteiger partial charge on any atom is 0.343 e. The van der Waals surface area contributed by atoms with Crippen molar-refractivity contribution in [2.24, 2.45) is 5.10 Å². The van der Waals surface area contributed by atoms with Gasteiger partial charge in [-0.1, -0.05) is 78.9 Å². The third-order valence-electron chi connectivity index (χ3n) is 4.73. The monoisotopic (exact) mass is 408 g/mol. The van der Waals surface area contributed by atoms with Gasteiger partial charge < -0.3 is 4.74 Å². The highest BCUT2D eigenvalue weighted by molar-refractivity contribution is 6.04. The van der Waals surface area contributed by atoms with E-state index >= 15 is 0 Å². The Hall–Kier alpha value is -4.25. The first-order chi connectivity index (χ1) is 15.2. The zero-order valence-electron chi connectivity index (χ0n) is 16.7. The van der Waals surface area contributed by atoms with Gasteiger partial charge in [0.25, 0.3) is 0 Å². The van der Waals surface area contributed by atoms with Crippen LogP contribution >= 0.6 is 0 Å². The molecular formula is C26H20N2O3. The van der Waals surface area contributed by atoms with Crippen molar-refractivity contribution in [3.05, 3.63) is 114 Å². The van der Waals surface area contributed by atoms with Gasteiger partial charge >= 0.3 is 5.97 Å². The van der Waals surface area contributed by atoms with Crippen LogP contribution in [0.2, 0.25) is 0 Å². The molecule has 0 bridgehead atoms. The molecule has 152 valence electrons. The van der Waals surface area contributed by atoms with Gasteiger partial charge in [0, 0.05) is 5.56 Å². The maximum atomic E-state index is 12.6. The van der Waals surface area contributed by atoms with Gasteiger partial charge in [-0.25, -0.2) is 10.2 Å². The summed E-state index contributed by atoms with van der Waals surface area (Å²) < 4.78 is 5.65. The summed E-state index contributed by atoms with van der Waals surface area (Å²) in [6.45, 7) is 0. The molecule has 0 atom stereocenters. The van der Waals surface area contributed by atoms with Crippen molar-refractivity contribution in [2.45, 2.75) is 6.42 Å². The van der Waals surface area contributed by atoms with Gasteiger partial charge in [-0.2, -0.15) is 5.10 Å². The lowest BCUT2D eigenvalue weighted by Crippen LogP contribution is -2.19. The zero-order valence-corrected chi connectivity index (χ0v) is 16.7. The molecule has 4 rings (SSSR count). The van der Waals surface area contributed by atoms with Crippen LogP contribution in [0, 0.1) is 0 Å². The lowest BCUT2D eigenvalue weighted by atomic mass is 10.0. The van der Waals surface area contributed by atoms with Crippen LogP contribution in [0.3, 0.4) is 0 Å². The fourth-order valence-corrected chi connectivity index (χ4v) is 3.22. The Morgan fingerprint density at radius 2 is 1.48 bits per heavy atom. The molecule has 5 nitrogen and oxygen atoms in total. The Balaban J connectivity index is 1.57. The number of carbonyl (C=O) groups excluding carboxylic acids is 2. The molecule has 0 saturated heterocycles. The summed E-state index contributed by atoms with van der Waals surface area (Å²) in [6, 6.07) is 29.6. The molecule has 1 amide bonds. The van der Waals surface area contributed by atoms with Gasteiger partial charge in [0.05, 0.1) is 18.2 Å². The highest BCUT2D eigenvalue weighted by atomic mass is 16.5. The highest BCUT2D eigenvalue weighted by Gasteiger charge is 2.13. The number of carbonyl (C=O) groups is 2. The molecule has 5 heteroatoms. The van der Waals surface area contributed by atoms with E-state index in [4.69, 9.17) is 4.74 Å². The number of rotatable bonds is 6. The predicted octanol–water partition coefficient (Wildman–Crippen LogP) is 4.75. The first kappa shape index (κ1) is 20.0. The fraction of sp³-hybridized carbons (Fsp3) is 0.0385. The summed E-state index contributed by atoms with van der Waals surface area (Å²) >= 11 is 0. The van der Waals surface area contributed by atoms with Crippen molar-refractivity contribution in [1.82, 2.24) is 5.43 Å². The van der Waals surface area contributed by atoms with Crippen LogP contribution in [0.15, 0.2) is 102 Å². The Kier molecular flexibility index (Phi) is 6.14. The summed E-state index contributed by atoms with van der Waals surface area (Å²) in [5.74, 6) is -0.322. The molecule has 0 spiro atoms. The second kappa shape index (κ2) is 9.50. The Labute approximate surface area is 180 Å². The van der Waals surface area contributed by atoms with E-state index in [1.54, 1.807) is 30.3 Å². The molecule has 0 heterocycles. The number of benzene rings is 4. The Bertz CT molecular complexity index is 1240. The predicted molar refractivity (Wildman–Crippen MR) is 121 cm³/mol. The molecule has 4 aromatic carbocycles. The van der Waals surface area contributed by atoms with Crippen molar-refractivity contribution in [1.29, 1.82) is 0 Å². The molecule has 0 aliphatic heterocycles. The average Bonchev–Trinajstić information content (AvgIpc) is 2.81. The molecule has 0 unspecified atom stereocenters. The van der Waals surface area contributed by atoms with Crippen LogP contribution in [0.25, 0.3) is 10.8 Å². The van der Waals surface area contributed by atoms with Crippen LogP contribution in [-0.2, 0) is 11.2 Å². The summed E-state index contributed by atoms with van der Waals surface area (Å²) in [5, 5.41) is 5.95. The number of ether oxygens (including phenoxy) is 1. The molecule has 0 aliphatic rings. The van der Waals surface area contributed by atoms with E-state index < -0.39 is 5.97 Å². The Morgan fingerprint density at radius 3 is 2.26 bits per heavy atom. The topological polar surface area (TPSA) is 67.8 Å². The van der Waals surface area contributed by atoms with Crippen molar-refractivity contribution < 1.29 is 14.3 Å². The lowest BCUT2D eigenvalue weighted by molar-refractivity contribution is -0.120. The van der Waals surface area contributed by atoms with Gasteiger partial charge in [0.1, 0.15) is 5.75 Å². The number of nitrogens with zero attached hydrogens (tertiary/aromatic N) is 1. The number of amides is 1. The largest absolute Gasteiger partial charge is 0.422 e. The SMILES string of the molecule is O=C(Cc1ccccc1)N/N=C/c1c(OC(=O)c2ccccc2)ccc2ccccc12. The second-order valence-corrected chi connectivity index (χ2v) is 6.91. The molecule has 0 aliphatic carbocycles. The maximum absolute atomic E-state index is 12.6. The van der Waals surface area contributed by atoms with E-state index in [1.807, 2.05) is 66.7 Å². The number of hydrogen-bond donors (Lipinski definition) is 1. The summed E-state index contributed by atoms with van der Waals surface area (Å²) in [7, 11) is 0. The van der Waals surface area contributed by atoms with Gasteiger partial charge in [-0.05, 0) is 34.5 Å². The molecule has 0 radical (unpaired) electrons. The van der Waals surface area contributed by atoms with Crippen LogP contribution in [0.5, 0.6) is 5.75 Å². The van der Waals surface area contributed by atoms with E-state index in [0.717, 1.165) is 16.3 Å².